The number of hydrogen-bond acceptors (Lipinski definition) is 2. The van der Waals surface area contributed by atoms with Gasteiger partial charge in [0, 0.05) is 18.5 Å². The average Bonchev–Trinajstić information content (AvgIpc) is 3.09. The predicted molar refractivity (Wildman–Crippen MR) is 101 cm³/mol. The molecule has 0 aliphatic heterocycles. The molecule has 0 heterocycles. The molecule has 1 aliphatic rings. The first kappa shape index (κ1) is 17.7. The molecule has 3 heteroatoms. The summed E-state index contributed by atoms with van der Waals surface area (Å²) in [6.07, 6.45) is 5.37. The SMILES string of the molecule is O=C(O)CCC(Cc1ccccc1)NC1CCCC1c1ccccc1. The van der Waals surface area contributed by atoms with Gasteiger partial charge in [-0.1, -0.05) is 67.1 Å². The number of nitrogens with one attached hydrogen (secondary N) is 1. The minimum Gasteiger partial charge on any atom is -0.481 e. The highest BCUT2D eigenvalue weighted by Crippen LogP contribution is 2.35. The second-order valence-electron chi connectivity index (χ2n) is 7.04. The Morgan fingerprint density at radius 3 is 2.40 bits per heavy atom. The van der Waals surface area contributed by atoms with Crippen molar-refractivity contribution < 1.29 is 9.90 Å². The lowest BCUT2D eigenvalue weighted by Gasteiger charge is -2.27. The molecule has 0 spiro atoms. The van der Waals surface area contributed by atoms with E-state index in [0.29, 0.717) is 18.4 Å². The highest BCUT2D eigenvalue weighted by atomic mass is 16.4. The molecular formula is C22H27NO2. The summed E-state index contributed by atoms with van der Waals surface area (Å²) in [6.45, 7) is 0. The molecule has 0 aromatic heterocycles. The summed E-state index contributed by atoms with van der Waals surface area (Å²) >= 11 is 0. The normalized spacial score (nSPS) is 21.1. The van der Waals surface area contributed by atoms with E-state index in [1.807, 2.05) is 18.2 Å². The van der Waals surface area contributed by atoms with Crippen molar-refractivity contribution in [2.24, 2.45) is 0 Å². The molecule has 2 N–H and O–H groups in total. The summed E-state index contributed by atoms with van der Waals surface area (Å²) < 4.78 is 0. The van der Waals surface area contributed by atoms with Crippen LogP contribution in [-0.4, -0.2) is 23.2 Å². The Balaban J connectivity index is 1.68. The highest BCUT2D eigenvalue weighted by molar-refractivity contribution is 5.66. The summed E-state index contributed by atoms with van der Waals surface area (Å²) in [4.78, 5) is 11.1. The first-order valence-electron chi connectivity index (χ1n) is 9.29. The maximum absolute atomic E-state index is 11.1. The first-order valence-corrected chi connectivity index (χ1v) is 9.29. The molecule has 3 atom stereocenters. The number of carboxylic acid groups (broad SMARTS) is 1. The van der Waals surface area contributed by atoms with Gasteiger partial charge in [0.15, 0.2) is 0 Å². The Morgan fingerprint density at radius 1 is 1.04 bits per heavy atom. The van der Waals surface area contributed by atoms with Crippen LogP contribution in [0.1, 0.15) is 49.1 Å². The van der Waals surface area contributed by atoms with Gasteiger partial charge in [-0.3, -0.25) is 4.79 Å². The summed E-state index contributed by atoms with van der Waals surface area (Å²) in [5.41, 5.74) is 2.66. The number of rotatable bonds is 8. The molecule has 1 aliphatic carbocycles. The fourth-order valence-electron chi connectivity index (χ4n) is 4.00. The molecule has 0 radical (unpaired) electrons. The van der Waals surface area contributed by atoms with Crippen molar-refractivity contribution >= 4 is 5.97 Å². The Bertz CT molecular complexity index is 656. The number of aliphatic carboxylic acids is 1. The molecule has 0 amide bonds. The standard InChI is InChI=1S/C22H27NO2/c24-22(25)15-14-19(16-17-8-3-1-4-9-17)23-21-13-7-12-20(21)18-10-5-2-6-11-18/h1-6,8-11,19-21,23H,7,12-16H2,(H,24,25). The smallest absolute Gasteiger partial charge is 0.303 e. The fourth-order valence-corrected chi connectivity index (χ4v) is 4.00. The first-order chi connectivity index (χ1) is 12.2. The quantitative estimate of drug-likeness (QED) is 0.751. The average molecular weight is 337 g/mol. The number of hydrogen-bond donors (Lipinski definition) is 2. The van der Waals surface area contributed by atoms with Crippen LogP contribution in [0.5, 0.6) is 0 Å². The lowest BCUT2D eigenvalue weighted by atomic mass is 9.92. The molecular weight excluding hydrogens is 310 g/mol. The van der Waals surface area contributed by atoms with Gasteiger partial charge in [0.05, 0.1) is 0 Å². The van der Waals surface area contributed by atoms with E-state index >= 15 is 0 Å². The van der Waals surface area contributed by atoms with E-state index in [1.54, 1.807) is 0 Å². The van der Waals surface area contributed by atoms with Gasteiger partial charge in [0.1, 0.15) is 0 Å². The van der Waals surface area contributed by atoms with Crippen molar-refractivity contribution in [2.75, 3.05) is 0 Å². The van der Waals surface area contributed by atoms with Crippen LogP contribution < -0.4 is 5.32 Å². The van der Waals surface area contributed by atoms with E-state index in [-0.39, 0.29) is 12.5 Å². The van der Waals surface area contributed by atoms with Crippen molar-refractivity contribution in [2.45, 2.75) is 56.5 Å². The fraction of sp³-hybridized carbons (Fsp3) is 0.409. The molecule has 132 valence electrons. The predicted octanol–water partition coefficient (Wildman–Crippen LogP) is 4.39. The van der Waals surface area contributed by atoms with Crippen LogP contribution in [0.2, 0.25) is 0 Å². The van der Waals surface area contributed by atoms with Gasteiger partial charge >= 0.3 is 5.97 Å². The van der Waals surface area contributed by atoms with Gasteiger partial charge in [0.2, 0.25) is 0 Å². The van der Waals surface area contributed by atoms with Crippen LogP contribution in [0.25, 0.3) is 0 Å². The van der Waals surface area contributed by atoms with Crippen LogP contribution in [-0.2, 0) is 11.2 Å². The summed E-state index contributed by atoms with van der Waals surface area (Å²) in [6, 6.07) is 21.7. The van der Waals surface area contributed by atoms with Gasteiger partial charge < -0.3 is 10.4 Å². The van der Waals surface area contributed by atoms with Gasteiger partial charge in [-0.15, -0.1) is 0 Å². The van der Waals surface area contributed by atoms with Gasteiger partial charge in [-0.05, 0) is 42.7 Å². The zero-order valence-corrected chi connectivity index (χ0v) is 14.6. The second-order valence-corrected chi connectivity index (χ2v) is 7.04. The Kier molecular flexibility index (Phi) is 6.24. The van der Waals surface area contributed by atoms with Crippen LogP contribution in [0, 0.1) is 0 Å². The van der Waals surface area contributed by atoms with E-state index in [2.05, 4.69) is 47.8 Å². The number of carboxylic acids is 1. The largest absolute Gasteiger partial charge is 0.481 e. The van der Waals surface area contributed by atoms with Crippen molar-refractivity contribution in [3.05, 3.63) is 71.8 Å². The van der Waals surface area contributed by atoms with Crippen LogP contribution >= 0.6 is 0 Å². The third kappa shape index (κ3) is 5.17. The van der Waals surface area contributed by atoms with Crippen molar-refractivity contribution in [3.63, 3.8) is 0 Å². The summed E-state index contributed by atoms with van der Waals surface area (Å²) in [7, 11) is 0. The lowest BCUT2D eigenvalue weighted by Crippen LogP contribution is -2.41. The molecule has 0 saturated heterocycles. The summed E-state index contributed by atoms with van der Waals surface area (Å²) in [5, 5.41) is 12.9. The van der Waals surface area contributed by atoms with Crippen molar-refractivity contribution in [3.8, 4) is 0 Å². The van der Waals surface area contributed by atoms with E-state index in [1.165, 1.54) is 24.0 Å². The second kappa shape index (κ2) is 8.82. The molecule has 0 bridgehead atoms. The van der Waals surface area contributed by atoms with E-state index in [9.17, 15) is 4.79 Å². The molecule has 2 aromatic rings. The zero-order valence-electron chi connectivity index (χ0n) is 14.6. The van der Waals surface area contributed by atoms with Gasteiger partial charge in [0.25, 0.3) is 0 Å². The third-order valence-corrected chi connectivity index (χ3v) is 5.23. The maximum Gasteiger partial charge on any atom is 0.303 e. The maximum atomic E-state index is 11.1. The number of carbonyl (C=O) groups is 1. The van der Waals surface area contributed by atoms with Crippen LogP contribution in [0.3, 0.4) is 0 Å². The van der Waals surface area contributed by atoms with Crippen LogP contribution in [0.4, 0.5) is 0 Å². The van der Waals surface area contributed by atoms with E-state index in [0.717, 1.165) is 12.8 Å². The molecule has 1 saturated carbocycles. The highest BCUT2D eigenvalue weighted by Gasteiger charge is 2.30. The molecule has 3 unspecified atom stereocenters. The van der Waals surface area contributed by atoms with Crippen molar-refractivity contribution in [1.82, 2.24) is 5.32 Å². The lowest BCUT2D eigenvalue weighted by molar-refractivity contribution is -0.137. The molecule has 25 heavy (non-hydrogen) atoms. The number of benzene rings is 2. The van der Waals surface area contributed by atoms with Crippen molar-refractivity contribution in [1.29, 1.82) is 0 Å². The van der Waals surface area contributed by atoms with E-state index in [4.69, 9.17) is 5.11 Å². The molecule has 3 nitrogen and oxygen atoms in total. The molecule has 1 fully saturated rings. The Hall–Kier alpha value is -2.13. The zero-order chi connectivity index (χ0) is 17.5. The Labute approximate surface area is 150 Å². The van der Waals surface area contributed by atoms with Gasteiger partial charge in [-0.25, -0.2) is 0 Å². The monoisotopic (exact) mass is 337 g/mol. The summed E-state index contributed by atoms with van der Waals surface area (Å²) in [5.74, 6) is -0.185. The Morgan fingerprint density at radius 2 is 1.72 bits per heavy atom. The topological polar surface area (TPSA) is 49.3 Å². The minimum atomic E-state index is -0.717. The third-order valence-electron chi connectivity index (χ3n) is 5.23. The van der Waals surface area contributed by atoms with E-state index < -0.39 is 5.97 Å². The van der Waals surface area contributed by atoms with Gasteiger partial charge in [-0.2, -0.15) is 0 Å². The molecule has 2 aromatic carbocycles. The minimum absolute atomic E-state index is 0.202. The molecule has 3 rings (SSSR count). The van der Waals surface area contributed by atoms with Crippen LogP contribution in [0.15, 0.2) is 60.7 Å².